The monoisotopic (exact) mass is 282 g/mol. The zero-order valence-corrected chi connectivity index (χ0v) is 10.2. The van der Waals surface area contributed by atoms with Crippen molar-refractivity contribution in [1.29, 1.82) is 0 Å². The number of ether oxygens (including phenoxy) is 1. The van der Waals surface area contributed by atoms with Crippen LogP contribution in [0.1, 0.15) is 26.7 Å². The number of halogens is 5. The number of esters is 1. The molecule has 2 nitrogen and oxygen atoms in total. The van der Waals surface area contributed by atoms with Gasteiger partial charge in [-0.3, -0.25) is 4.79 Å². The van der Waals surface area contributed by atoms with Gasteiger partial charge >= 0.3 is 5.97 Å². The van der Waals surface area contributed by atoms with Crippen molar-refractivity contribution in [3.8, 4) is 5.75 Å². The van der Waals surface area contributed by atoms with Gasteiger partial charge in [-0.1, -0.05) is 13.8 Å². The van der Waals surface area contributed by atoms with Crippen LogP contribution in [0.3, 0.4) is 0 Å². The molecule has 0 amide bonds. The van der Waals surface area contributed by atoms with E-state index in [4.69, 9.17) is 0 Å². The first kappa shape index (κ1) is 15.4. The first-order valence-electron chi connectivity index (χ1n) is 5.58. The Bertz CT molecular complexity index is 468. The average Bonchev–Trinajstić information content (AvgIpc) is 2.40. The molecule has 0 unspecified atom stereocenters. The number of carbonyl (C=O) groups is 1. The smallest absolute Gasteiger partial charge is 0.314 e. The van der Waals surface area contributed by atoms with Crippen molar-refractivity contribution in [3.63, 3.8) is 0 Å². The van der Waals surface area contributed by atoms with Crippen molar-refractivity contribution in [2.45, 2.75) is 26.7 Å². The van der Waals surface area contributed by atoms with Gasteiger partial charge in [-0.05, 0) is 12.8 Å². The highest BCUT2D eigenvalue weighted by molar-refractivity contribution is 5.75. The third kappa shape index (κ3) is 2.85. The Balaban J connectivity index is 3.19. The van der Waals surface area contributed by atoms with E-state index in [1.165, 1.54) is 0 Å². The lowest BCUT2D eigenvalue weighted by atomic mass is 10.0. The van der Waals surface area contributed by atoms with E-state index in [0.29, 0.717) is 12.8 Å². The molecule has 0 aliphatic carbocycles. The predicted octanol–water partition coefficient (Wildman–Crippen LogP) is 3.72. The minimum Gasteiger partial charge on any atom is -0.420 e. The topological polar surface area (TPSA) is 26.3 Å². The minimum atomic E-state index is -2.29. The van der Waals surface area contributed by atoms with Gasteiger partial charge in [0.1, 0.15) is 0 Å². The molecule has 0 fully saturated rings. The van der Waals surface area contributed by atoms with Gasteiger partial charge in [-0.25, -0.2) is 13.2 Å². The van der Waals surface area contributed by atoms with Gasteiger partial charge < -0.3 is 4.74 Å². The molecule has 0 radical (unpaired) electrons. The van der Waals surface area contributed by atoms with Crippen LogP contribution in [0.15, 0.2) is 0 Å². The minimum absolute atomic E-state index is 0.324. The van der Waals surface area contributed by atoms with Crippen LogP contribution in [-0.2, 0) is 4.79 Å². The Morgan fingerprint density at radius 1 is 0.895 bits per heavy atom. The summed E-state index contributed by atoms with van der Waals surface area (Å²) in [7, 11) is 0. The molecule has 1 aromatic rings. The molecule has 0 bridgehead atoms. The lowest BCUT2D eigenvalue weighted by molar-refractivity contribution is -0.139. The molecule has 1 rings (SSSR count). The van der Waals surface area contributed by atoms with Crippen molar-refractivity contribution in [1.82, 2.24) is 0 Å². The predicted molar refractivity (Wildman–Crippen MR) is 55.9 cm³/mol. The third-order valence-corrected chi connectivity index (χ3v) is 2.69. The summed E-state index contributed by atoms with van der Waals surface area (Å²) in [6.07, 6.45) is 0.648. The van der Waals surface area contributed by atoms with Gasteiger partial charge in [0.05, 0.1) is 5.92 Å². The van der Waals surface area contributed by atoms with E-state index >= 15 is 0 Å². The summed E-state index contributed by atoms with van der Waals surface area (Å²) in [5, 5.41) is 0. The zero-order valence-electron chi connectivity index (χ0n) is 10.2. The molecule has 0 atom stereocenters. The lowest BCUT2D eigenvalue weighted by Gasteiger charge is -2.13. The van der Waals surface area contributed by atoms with Crippen molar-refractivity contribution < 1.29 is 31.5 Å². The number of benzene rings is 1. The fourth-order valence-corrected chi connectivity index (χ4v) is 1.48. The first-order valence-corrected chi connectivity index (χ1v) is 5.58. The Hall–Kier alpha value is -1.66. The zero-order chi connectivity index (χ0) is 14.7. The van der Waals surface area contributed by atoms with E-state index in [1.807, 2.05) is 0 Å². The van der Waals surface area contributed by atoms with E-state index in [9.17, 15) is 26.7 Å². The summed E-state index contributed by atoms with van der Waals surface area (Å²) < 4.78 is 69.3. The summed E-state index contributed by atoms with van der Waals surface area (Å²) >= 11 is 0. The lowest BCUT2D eigenvalue weighted by Crippen LogP contribution is -2.21. The second-order valence-corrected chi connectivity index (χ2v) is 3.83. The molecule has 0 aliphatic heterocycles. The average molecular weight is 282 g/mol. The first-order chi connectivity index (χ1) is 8.84. The molecule has 0 heterocycles. The summed E-state index contributed by atoms with van der Waals surface area (Å²) in [4.78, 5) is 11.5. The van der Waals surface area contributed by atoms with Gasteiger partial charge in [0.25, 0.3) is 0 Å². The Morgan fingerprint density at radius 3 is 1.63 bits per heavy atom. The largest absolute Gasteiger partial charge is 0.420 e. The summed E-state index contributed by atoms with van der Waals surface area (Å²) in [5.41, 5.74) is 0. The maximum absolute atomic E-state index is 13.2. The van der Waals surface area contributed by atoms with Gasteiger partial charge in [0.15, 0.2) is 0 Å². The van der Waals surface area contributed by atoms with Crippen LogP contribution in [0.4, 0.5) is 22.0 Å². The normalized spacial score (nSPS) is 10.9. The highest BCUT2D eigenvalue weighted by Crippen LogP contribution is 2.30. The third-order valence-electron chi connectivity index (χ3n) is 2.69. The summed E-state index contributed by atoms with van der Waals surface area (Å²) in [6.45, 7) is 3.27. The van der Waals surface area contributed by atoms with Crippen molar-refractivity contribution in [3.05, 3.63) is 29.1 Å². The van der Waals surface area contributed by atoms with Crippen molar-refractivity contribution >= 4 is 5.97 Å². The number of hydrogen-bond acceptors (Lipinski definition) is 2. The Kier molecular flexibility index (Phi) is 4.85. The summed E-state index contributed by atoms with van der Waals surface area (Å²) in [5.74, 6) is -14.2. The Labute approximate surface area is 106 Å². The molecule has 0 saturated heterocycles. The van der Waals surface area contributed by atoms with Gasteiger partial charge in [0.2, 0.25) is 34.8 Å². The second-order valence-electron chi connectivity index (χ2n) is 3.83. The molecule has 0 aliphatic rings. The van der Waals surface area contributed by atoms with E-state index < -0.39 is 46.7 Å². The molecule has 0 saturated carbocycles. The van der Waals surface area contributed by atoms with Crippen LogP contribution in [-0.4, -0.2) is 5.97 Å². The molecule has 19 heavy (non-hydrogen) atoms. The van der Waals surface area contributed by atoms with Crippen LogP contribution in [0, 0.1) is 35.0 Å². The van der Waals surface area contributed by atoms with Gasteiger partial charge in [-0.2, -0.15) is 8.78 Å². The molecule has 0 spiro atoms. The van der Waals surface area contributed by atoms with E-state index in [0.717, 1.165) is 0 Å². The molecule has 1 aromatic carbocycles. The number of hydrogen-bond donors (Lipinski definition) is 0. The van der Waals surface area contributed by atoms with Crippen molar-refractivity contribution in [2.24, 2.45) is 5.92 Å². The molecule has 7 heteroatoms. The van der Waals surface area contributed by atoms with Crippen LogP contribution >= 0.6 is 0 Å². The highest BCUT2D eigenvalue weighted by atomic mass is 19.2. The fraction of sp³-hybridized carbons (Fsp3) is 0.417. The molecule has 0 N–H and O–H groups in total. The van der Waals surface area contributed by atoms with Gasteiger partial charge in [0, 0.05) is 0 Å². The van der Waals surface area contributed by atoms with Gasteiger partial charge in [-0.15, -0.1) is 0 Å². The maximum Gasteiger partial charge on any atom is 0.314 e. The maximum atomic E-state index is 13.2. The molecule has 106 valence electrons. The quantitative estimate of drug-likeness (QED) is 0.276. The number of carbonyl (C=O) groups excluding carboxylic acids is 1. The standard InChI is InChI=1S/C12H11F5O2/c1-3-5(4-2)12(18)19-11-9(16)7(14)6(13)8(15)10(11)17/h5H,3-4H2,1-2H3. The van der Waals surface area contributed by atoms with Crippen LogP contribution < -0.4 is 4.74 Å². The highest BCUT2D eigenvalue weighted by Gasteiger charge is 2.29. The SMILES string of the molecule is CCC(CC)C(=O)Oc1c(F)c(F)c(F)c(F)c1F. The van der Waals surface area contributed by atoms with E-state index in [1.54, 1.807) is 13.8 Å². The van der Waals surface area contributed by atoms with Crippen LogP contribution in [0.25, 0.3) is 0 Å². The fourth-order valence-electron chi connectivity index (χ4n) is 1.48. The van der Waals surface area contributed by atoms with Crippen molar-refractivity contribution in [2.75, 3.05) is 0 Å². The molecular formula is C12H11F5O2. The Morgan fingerprint density at radius 2 is 1.26 bits per heavy atom. The second kappa shape index (κ2) is 5.99. The summed E-state index contributed by atoms with van der Waals surface area (Å²) in [6, 6.07) is 0. The molecular weight excluding hydrogens is 271 g/mol. The van der Waals surface area contributed by atoms with E-state index in [2.05, 4.69) is 4.74 Å². The van der Waals surface area contributed by atoms with E-state index in [-0.39, 0.29) is 0 Å². The number of rotatable bonds is 4. The van der Waals surface area contributed by atoms with Crippen LogP contribution in [0.2, 0.25) is 0 Å². The van der Waals surface area contributed by atoms with Crippen LogP contribution in [0.5, 0.6) is 5.75 Å². The molecule has 0 aromatic heterocycles.